The molecule has 0 aromatic heterocycles. The van der Waals surface area contributed by atoms with Gasteiger partial charge >= 0.3 is 0 Å². The maximum atomic E-state index is 12.0. The van der Waals surface area contributed by atoms with Gasteiger partial charge in [-0.1, -0.05) is 29.3 Å². The Bertz CT molecular complexity index is 415. The van der Waals surface area contributed by atoms with Crippen molar-refractivity contribution in [3.63, 3.8) is 0 Å². The Balaban J connectivity index is 2.32. The van der Waals surface area contributed by atoms with Gasteiger partial charge in [-0.2, -0.15) is 0 Å². The number of halogens is 2. The van der Waals surface area contributed by atoms with Crippen LogP contribution in [0.1, 0.15) is 29.6 Å². The van der Waals surface area contributed by atoms with E-state index in [1.54, 1.807) is 18.2 Å². The van der Waals surface area contributed by atoms with Crippen molar-refractivity contribution in [1.29, 1.82) is 0 Å². The molecule has 0 saturated carbocycles. The van der Waals surface area contributed by atoms with Gasteiger partial charge in [0.05, 0.1) is 0 Å². The molecule has 3 heteroatoms. The third-order valence-corrected chi connectivity index (χ3v) is 2.89. The largest absolute Gasteiger partial charge is 0.289 e. The second-order valence-corrected chi connectivity index (χ2v) is 4.48. The monoisotopic (exact) mass is 240 g/mol. The van der Waals surface area contributed by atoms with Gasteiger partial charge in [0.1, 0.15) is 0 Å². The van der Waals surface area contributed by atoms with E-state index in [2.05, 4.69) is 0 Å². The third-order valence-electron chi connectivity index (χ3n) is 2.46. The van der Waals surface area contributed by atoms with Crippen molar-refractivity contribution < 1.29 is 4.79 Å². The summed E-state index contributed by atoms with van der Waals surface area (Å²) in [5.74, 6) is 0.0527. The molecule has 2 rings (SSSR count). The van der Waals surface area contributed by atoms with Crippen molar-refractivity contribution in [2.75, 3.05) is 0 Å². The van der Waals surface area contributed by atoms with Crippen molar-refractivity contribution in [2.24, 2.45) is 0 Å². The number of Topliss-reactive ketones (excluding diaryl/α,β-unsaturated/α-hetero) is 1. The second-order valence-electron chi connectivity index (χ2n) is 3.61. The normalized spacial score (nSPS) is 15.2. The van der Waals surface area contributed by atoms with E-state index in [0.29, 0.717) is 15.6 Å². The molecular weight excluding hydrogens is 231 g/mol. The molecule has 0 fully saturated rings. The van der Waals surface area contributed by atoms with Crippen LogP contribution in [0.3, 0.4) is 0 Å². The van der Waals surface area contributed by atoms with Crippen molar-refractivity contribution in [1.82, 2.24) is 0 Å². The van der Waals surface area contributed by atoms with Crippen LogP contribution in [0, 0.1) is 0 Å². The highest BCUT2D eigenvalue weighted by Crippen LogP contribution is 2.25. The average Bonchev–Trinajstić information content (AvgIpc) is 2.67. The Morgan fingerprint density at radius 2 is 1.80 bits per heavy atom. The minimum Gasteiger partial charge on any atom is -0.289 e. The van der Waals surface area contributed by atoms with E-state index in [0.717, 1.165) is 24.8 Å². The first-order valence-corrected chi connectivity index (χ1v) is 5.62. The first kappa shape index (κ1) is 10.7. The molecule has 0 spiro atoms. The second kappa shape index (κ2) is 4.38. The summed E-state index contributed by atoms with van der Waals surface area (Å²) in [7, 11) is 0. The topological polar surface area (TPSA) is 17.1 Å². The lowest BCUT2D eigenvalue weighted by molar-refractivity contribution is 0.103. The van der Waals surface area contributed by atoms with Crippen LogP contribution in [-0.4, -0.2) is 5.78 Å². The molecule has 0 bridgehead atoms. The minimum absolute atomic E-state index is 0.0527. The molecule has 1 aromatic carbocycles. The highest BCUT2D eigenvalue weighted by atomic mass is 35.5. The first-order valence-electron chi connectivity index (χ1n) is 4.86. The highest BCUT2D eigenvalue weighted by molar-refractivity contribution is 6.35. The molecule has 0 N–H and O–H groups in total. The maximum Gasteiger partial charge on any atom is 0.188 e. The summed E-state index contributed by atoms with van der Waals surface area (Å²) in [6, 6.07) is 4.95. The maximum absolute atomic E-state index is 12.0. The average molecular weight is 241 g/mol. The summed E-state index contributed by atoms with van der Waals surface area (Å²) in [5.41, 5.74) is 1.47. The summed E-state index contributed by atoms with van der Waals surface area (Å²) < 4.78 is 0. The smallest absolute Gasteiger partial charge is 0.188 e. The van der Waals surface area contributed by atoms with Crippen molar-refractivity contribution in [2.45, 2.75) is 19.3 Å². The lowest BCUT2D eigenvalue weighted by Gasteiger charge is -2.03. The standard InChI is InChI=1S/C12H10Cl2O/c13-10-5-9(6-11(14)7-10)12(15)8-3-1-2-4-8/h3,5-7H,1-2,4H2. The van der Waals surface area contributed by atoms with Gasteiger partial charge in [-0.05, 0) is 43.0 Å². The van der Waals surface area contributed by atoms with E-state index in [1.165, 1.54) is 0 Å². The first-order chi connectivity index (χ1) is 7.16. The van der Waals surface area contributed by atoms with Crippen LogP contribution < -0.4 is 0 Å². The zero-order valence-electron chi connectivity index (χ0n) is 8.09. The summed E-state index contributed by atoms with van der Waals surface area (Å²) in [6.45, 7) is 0. The van der Waals surface area contributed by atoms with Crippen LogP contribution in [0.25, 0.3) is 0 Å². The fourth-order valence-electron chi connectivity index (χ4n) is 1.75. The molecule has 0 heterocycles. The molecule has 1 aliphatic carbocycles. The number of hydrogen-bond acceptors (Lipinski definition) is 1. The summed E-state index contributed by atoms with van der Waals surface area (Å²) in [6.07, 6.45) is 4.92. The predicted molar refractivity (Wildman–Crippen MR) is 62.7 cm³/mol. The summed E-state index contributed by atoms with van der Waals surface area (Å²) in [5, 5.41) is 1.01. The molecule has 78 valence electrons. The molecule has 0 radical (unpaired) electrons. The van der Waals surface area contributed by atoms with Crippen LogP contribution in [0.5, 0.6) is 0 Å². The molecule has 0 atom stereocenters. The van der Waals surface area contributed by atoms with Crippen LogP contribution in [-0.2, 0) is 0 Å². The highest BCUT2D eigenvalue weighted by Gasteiger charge is 2.15. The van der Waals surface area contributed by atoms with Crippen molar-refractivity contribution in [3.8, 4) is 0 Å². The van der Waals surface area contributed by atoms with E-state index >= 15 is 0 Å². The fourth-order valence-corrected chi connectivity index (χ4v) is 2.27. The molecule has 1 aromatic rings. The third kappa shape index (κ3) is 2.42. The molecule has 0 saturated heterocycles. The molecule has 1 aliphatic rings. The summed E-state index contributed by atoms with van der Waals surface area (Å²) in [4.78, 5) is 12.0. The Morgan fingerprint density at radius 3 is 2.33 bits per heavy atom. The zero-order chi connectivity index (χ0) is 10.8. The van der Waals surface area contributed by atoms with Gasteiger partial charge in [-0.25, -0.2) is 0 Å². The summed E-state index contributed by atoms with van der Waals surface area (Å²) >= 11 is 11.7. The zero-order valence-corrected chi connectivity index (χ0v) is 9.61. The molecule has 15 heavy (non-hydrogen) atoms. The van der Waals surface area contributed by atoms with Gasteiger partial charge < -0.3 is 0 Å². The van der Waals surface area contributed by atoms with Crippen LogP contribution in [0.15, 0.2) is 29.8 Å². The Kier molecular flexibility index (Phi) is 3.13. The molecule has 0 unspecified atom stereocenters. The fraction of sp³-hybridized carbons (Fsp3) is 0.250. The van der Waals surface area contributed by atoms with Crippen molar-refractivity contribution >= 4 is 29.0 Å². The van der Waals surface area contributed by atoms with Gasteiger partial charge in [0.2, 0.25) is 0 Å². The van der Waals surface area contributed by atoms with E-state index in [1.807, 2.05) is 6.08 Å². The lowest BCUT2D eigenvalue weighted by Crippen LogP contribution is -2.01. The number of carbonyl (C=O) groups excluding carboxylic acids is 1. The Labute approximate surface area is 98.7 Å². The van der Waals surface area contributed by atoms with Gasteiger partial charge in [0, 0.05) is 15.6 Å². The van der Waals surface area contributed by atoms with Gasteiger partial charge in [-0.3, -0.25) is 4.79 Å². The lowest BCUT2D eigenvalue weighted by atomic mass is 10.0. The van der Waals surface area contributed by atoms with Crippen LogP contribution in [0.2, 0.25) is 10.0 Å². The number of hydrogen-bond donors (Lipinski definition) is 0. The van der Waals surface area contributed by atoms with E-state index in [-0.39, 0.29) is 5.78 Å². The molecule has 1 nitrogen and oxygen atoms in total. The van der Waals surface area contributed by atoms with Gasteiger partial charge in [0.15, 0.2) is 5.78 Å². The number of rotatable bonds is 2. The molecule has 0 amide bonds. The molecule has 0 aliphatic heterocycles. The van der Waals surface area contributed by atoms with Crippen LogP contribution in [0.4, 0.5) is 0 Å². The molecular formula is C12H10Cl2O. The number of benzene rings is 1. The predicted octanol–water partition coefficient (Wildman–Crippen LogP) is 4.29. The van der Waals surface area contributed by atoms with E-state index < -0.39 is 0 Å². The quantitative estimate of drug-likeness (QED) is 0.706. The van der Waals surface area contributed by atoms with E-state index in [9.17, 15) is 4.79 Å². The van der Waals surface area contributed by atoms with Gasteiger partial charge in [-0.15, -0.1) is 0 Å². The SMILES string of the molecule is O=C(C1=CCCC1)c1cc(Cl)cc(Cl)c1. The van der Waals surface area contributed by atoms with Crippen molar-refractivity contribution in [3.05, 3.63) is 45.5 Å². The Hall–Kier alpha value is -0.790. The number of ketones is 1. The van der Waals surface area contributed by atoms with Crippen LogP contribution >= 0.6 is 23.2 Å². The van der Waals surface area contributed by atoms with E-state index in [4.69, 9.17) is 23.2 Å². The number of allylic oxidation sites excluding steroid dienone is 2. The number of carbonyl (C=O) groups is 1. The van der Waals surface area contributed by atoms with Gasteiger partial charge in [0.25, 0.3) is 0 Å². The minimum atomic E-state index is 0.0527. The Morgan fingerprint density at radius 1 is 1.13 bits per heavy atom.